The van der Waals surface area contributed by atoms with E-state index in [2.05, 4.69) is 17.1 Å². The van der Waals surface area contributed by atoms with Gasteiger partial charge in [-0.2, -0.15) is 0 Å². The molecule has 0 radical (unpaired) electrons. The number of amides is 1. The first kappa shape index (κ1) is 18.3. The van der Waals surface area contributed by atoms with E-state index in [-0.39, 0.29) is 18.1 Å². The van der Waals surface area contributed by atoms with Crippen LogP contribution in [0.15, 0.2) is 53.9 Å². The fraction of sp³-hybridized carbons (Fsp3) is 0.238. The highest BCUT2D eigenvalue weighted by Crippen LogP contribution is 2.24. The second-order valence-corrected chi connectivity index (χ2v) is 7.08. The second kappa shape index (κ2) is 8.23. The summed E-state index contributed by atoms with van der Waals surface area (Å²) in [6.07, 6.45) is 0.255. The molecule has 0 bridgehead atoms. The number of halogens is 1. The number of aromatic nitrogens is 1. The number of carbonyl (C=O) groups excluding carboxylic acids is 1. The summed E-state index contributed by atoms with van der Waals surface area (Å²) >= 11 is 1.54. The number of thiazole rings is 1. The highest BCUT2D eigenvalue weighted by molar-refractivity contribution is 7.13. The second-order valence-electron chi connectivity index (χ2n) is 6.22. The van der Waals surface area contributed by atoms with Gasteiger partial charge in [0.15, 0.2) is 0 Å². The summed E-state index contributed by atoms with van der Waals surface area (Å²) in [5, 5.41) is 2.85. The van der Waals surface area contributed by atoms with E-state index < -0.39 is 0 Å². The Bertz CT molecular complexity index is 889. The minimum absolute atomic E-state index is 0.00230. The van der Waals surface area contributed by atoms with Crippen LogP contribution in [0, 0.1) is 12.7 Å². The van der Waals surface area contributed by atoms with Gasteiger partial charge < -0.3 is 4.90 Å². The van der Waals surface area contributed by atoms with Crippen LogP contribution in [0.5, 0.6) is 0 Å². The minimum Gasteiger partial charge on any atom is -0.338 e. The molecule has 134 valence electrons. The zero-order valence-electron chi connectivity index (χ0n) is 14.9. The summed E-state index contributed by atoms with van der Waals surface area (Å²) < 4.78 is 13.3. The molecule has 0 saturated carbocycles. The van der Waals surface area contributed by atoms with E-state index >= 15 is 0 Å². The first-order valence-corrected chi connectivity index (χ1v) is 9.47. The average molecular weight is 368 g/mol. The van der Waals surface area contributed by atoms with E-state index in [4.69, 9.17) is 0 Å². The molecule has 1 aromatic heterocycles. The van der Waals surface area contributed by atoms with Crippen molar-refractivity contribution in [2.24, 2.45) is 0 Å². The van der Waals surface area contributed by atoms with Crippen LogP contribution >= 0.6 is 11.3 Å². The minimum atomic E-state index is -0.284. The lowest BCUT2D eigenvalue weighted by Gasteiger charge is -2.20. The number of hydrogen-bond donors (Lipinski definition) is 0. The number of nitrogens with zero attached hydrogens (tertiary/aromatic N) is 2. The van der Waals surface area contributed by atoms with Gasteiger partial charge in [0.1, 0.15) is 10.8 Å². The SMILES string of the molecule is CCN(Cc1cccc(F)c1)C(=O)Cc1csc(-c2ccc(C)cc2)n1. The topological polar surface area (TPSA) is 33.2 Å². The van der Waals surface area contributed by atoms with Gasteiger partial charge in [0.05, 0.1) is 12.1 Å². The standard InChI is InChI=1S/C21H21FN2OS/c1-3-24(13-16-5-4-6-18(22)11-16)20(25)12-19-14-26-21(23-19)17-9-7-15(2)8-10-17/h4-11,14H,3,12-13H2,1-2H3. The average Bonchev–Trinajstić information content (AvgIpc) is 3.08. The number of aryl methyl sites for hydroxylation is 1. The van der Waals surface area contributed by atoms with Crippen LogP contribution in [0.25, 0.3) is 10.6 Å². The fourth-order valence-corrected chi connectivity index (χ4v) is 3.54. The van der Waals surface area contributed by atoms with Gasteiger partial charge in [0.25, 0.3) is 0 Å². The zero-order valence-corrected chi connectivity index (χ0v) is 15.7. The molecule has 2 aromatic carbocycles. The first-order valence-electron chi connectivity index (χ1n) is 8.59. The lowest BCUT2D eigenvalue weighted by molar-refractivity contribution is -0.130. The molecule has 0 fully saturated rings. The van der Waals surface area contributed by atoms with E-state index in [1.54, 1.807) is 22.3 Å². The smallest absolute Gasteiger partial charge is 0.228 e. The van der Waals surface area contributed by atoms with Crippen LogP contribution in [0.3, 0.4) is 0 Å². The Morgan fingerprint density at radius 2 is 1.96 bits per heavy atom. The third kappa shape index (κ3) is 4.55. The summed E-state index contributed by atoms with van der Waals surface area (Å²) in [6, 6.07) is 14.6. The lowest BCUT2D eigenvalue weighted by Crippen LogP contribution is -2.31. The molecular formula is C21H21FN2OS. The Balaban J connectivity index is 1.67. The molecule has 0 aliphatic carbocycles. The number of likely N-dealkylation sites (N-methyl/N-ethyl adjacent to an activating group) is 1. The third-order valence-electron chi connectivity index (χ3n) is 4.18. The van der Waals surface area contributed by atoms with Crippen molar-refractivity contribution in [2.75, 3.05) is 6.54 Å². The summed E-state index contributed by atoms with van der Waals surface area (Å²) in [4.78, 5) is 18.9. The van der Waals surface area contributed by atoms with E-state index in [1.165, 1.54) is 17.7 Å². The van der Waals surface area contributed by atoms with Crippen molar-refractivity contribution in [3.8, 4) is 10.6 Å². The molecule has 0 saturated heterocycles. The van der Waals surface area contributed by atoms with Gasteiger partial charge in [-0.3, -0.25) is 4.79 Å². The summed E-state index contributed by atoms with van der Waals surface area (Å²) in [6.45, 7) is 4.95. The summed E-state index contributed by atoms with van der Waals surface area (Å²) in [5.74, 6) is -0.286. The van der Waals surface area contributed by atoms with Gasteiger partial charge in [-0.25, -0.2) is 9.37 Å². The zero-order chi connectivity index (χ0) is 18.5. The van der Waals surface area contributed by atoms with Gasteiger partial charge in [-0.15, -0.1) is 11.3 Å². The van der Waals surface area contributed by atoms with Crippen molar-refractivity contribution in [3.05, 3.63) is 76.5 Å². The molecule has 3 rings (SSSR count). The molecule has 1 amide bonds. The Labute approximate surface area is 157 Å². The van der Waals surface area contributed by atoms with E-state index in [9.17, 15) is 9.18 Å². The Morgan fingerprint density at radius 3 is 2.65 bits per heavy atom. The molecule has 0 unspecified atom stereocenters. The summed E-state index contributed by atoms with van der Waals surface area (Å²) in [7, 11) is 0. The maximum absolute atomic E-state index is 13.3. The summed E-state index contributed by atoms with van der Waals surface area (Å²) in [5.41, 5.74) is 3.83. The van der Waals surface area contributed by atoms with Crippen LogP contribution in [0.4, 0.5) is 4.39 Å². The maximum atomic E-state index is 13.3. The fourth-order valence-electron chi connectivity index (χ4n) is 2.72. The molecule has 3 aromatic rings. The van der Waals surface area contributed by atoms with Crippen molar-refractivity contribution >= 4 is 17.2 Å². The largest absolute Gasteiger partial charge is 0.338 e. The number of hydrogen-bond acceptors (Lipinski definition) is 3. The molecule has 0 aliphatic rings. The third-order valence-corrected chi connectivity index (χ3v) is 5.12. The number of benzene rings is 2. The van der Waals surface area contributed by atoms with E-state index in [0.29, 0.717) is 13.1 Å². The van der Waals surface area contributed by atoms with Crippen LogP contribution < -0.4 is 0 Å². The van der Waals surface area contributed by atoms with Gasteiger partial charge in [0.2, 0.25) is 5.91 Å². The van der Waals surface area contributed by atoms with Gasteiger partial charge in [0, 0.05) is 24.0 Å². The highest BCUT2D eigenvalue weighted by Gasteiger charge is 2.15. The maximum Gasteiger partial charge on any atom is 0.228 e. The van der Waals surface area contributed by atoms with Crippen molar-refractivity contribution in [3.63, 3.8) is 0 Å². The Morgan fingerprint density at radius 1 is 1.19 bits per heavy atom. The molecular weight excluding hydrogens is 347 g/mol. The molecule has 0 aliphatic heterocycles. The predicted octanol–water partition coefficient (Wildman–Crippen LogP) is 4.85. The number of rotatable bonds is 6. The van der Waals surface area contributed by atoms with Crippen LogP contribution in [-0.4, -0.2) is 22.3 Å². The molecule has 0 atom stereocenters. The Kier molecular flexibility index (Phi) is 5.78. The Hall–Kier alpha value is -2.53. The number of carbonyl (C=O) groups is 1. The molecule has 3 nitrogen and oxygen atoms in total. The van der Waals surface area contributed by atoms with Crippen LogP contribution in [0.1, 0.15) is 23.7 Å². The van der Waals surface area contributed by atoms with Crippen LogP contribution in [0.2, 0.25) is 0 Å². The van der Waals surface area contributed by atoms with Gasteiger partial charge in [-0.05, 0) is 31.5 Å². The van der Waals surface area contributed by atoms with Crippen LogP contribution in [-0.2, 0) is 17.8 Å². The molecule has 0 spiro atoms. The normalized spacial score (nSPS) is 10.7. The highest BCUT2D eigenvalue weighted by atomic mass is 32.1. The van der Waals surface area contributed by atoms with Crippen molar-refractivity contribution in [1.82, 2.24) is 9.88 Å². The lowest BCUT2D eigenvalue weighted by atomic mass is 10.1. The molecule has 1 heterocycles. The first-order chi connectivity index (χ1) is 12.5. The monoisotopic (exact) mass is 368 g/mol. The van der Waals surface area contributed by atoms with Crippen molar-refractivity contribution < 1.29 is 9.18 Å². The van der Waals surface area contributed by atoms with Crippen molar-refractivity contribution in [1.29, 1.82) is 0 Å². The van der Waals surface area contributed by atoms with Gasteiger partial charge in [-0.1, -0.05) is 42.0 Å². The van der Waals surface area contributed by atoms with E-state index in [1.807, 2.05) is 37.4 Å². The van der Waals surface area contributed by atoms with E-state index in [0.717, 1.165) is 21.8 Å². The predicted molar refractivity (Wildman–Crippen MR) is 103 cm³/mol. The molecule has 0 N–H and O–H groups in total. The van der Waals surface area contributed by atoms with Gasteiger partial charge >= 0.3 is 0 Å². The quantitative estimate of drug-likeness (QED) is 0.623. The van der Waals surface area contributed by atoms with Crippen molar-refractivity contribution in [2.45, 2.75) is 26.8 Å². The molecule has 5 heteroatoms. The molecule has 26 heavy (non-hydrogen) atoms.